The lowest BCUT2D eigenvalue weighted by atomic mass is 9.98. The van der Waals surface area contributed by atoms with E-state index in [0.29, 0.717) is 39.6 Å². The molecule has 0 bridgehead atoms. The van der Waals surface area contributed by atoms with Crippen molar-refractivity contribution in [3.05, 3.63) is 71.0 Å². The molecule has 0 unspecified atom stereocenters. The van der Waals surface area contributed by atoms with Crippen LogP contribution >= 0.6 is 11.6 Å². The molecule has 2 heterocycles. The van der Waals surface area contributed by atoms with E-state index in [1.807, 2.05) is 50.5 Å². The van der Waals surface area contributed by atoms with Crippen LogP contribution in [-0.4, -0.2) is 39.8 Å². The SMILES string of the molecule is CNC(=O)c1ccc(-c2cc(OC)c(Nc3ncc(Cl)c(Nc4ccn(C)n4)n3)cc2C)cc1. The normalized spacial score (nSPS) is 10.6. The van der Waals surface area contributed by atoms with E-state index in [2.05, 4.69) is 31.0 Å². The largest absolute Gasteiger partial charge is 0.495 e. The average molecular weight is 478 g/mol. The van der Waals surface area contributed by atoms with Gasteiger partial charge in [-0.05, 0) is 47.9 Å². The van der Waals surface area contributed by atoms with E-state index in [1.165, 1.54) is 6.20 Å². The highest BCUT2D eigenvalue weighted by atomic mass is 35.5. The third kappa shape index (κ3) is 4.94. The molecule has 3 N–H and O–H groups in total. The summed E-state index contributed by atoms with van der Waals surface area (Å²) in [6, 6.07) is 13.1. The first-order chi connectivity index (χ1) is 16.4. The first kappa shape index (κ1) is 23.1. The molecule has 1 amide bonds. The van der Waals surface area contributed by atoms with Gasteiger partial charge < -0.3 is 20.7 Å². The molecule has 0 aliphatic rings. The predicted molar refractivity (Wildman–Crippen MR) is 133 cm³/mol. The lowest BCUT2D eigenvalue weighted by Crippen LogP contribution is -2.17. The van der Waals surface area contributed by atoms with Gasteiger partial charge in [-0.3, -0.25) is 9.48 Å². The van der Waals surface area contributed by atoms with Gasteiger partial charge in [0.25, 0.3) is 5.91 Å². The van der Waals surface area contributed by atoms with Crippen LogP contribution in [-0.2, 0) is 7.05 Å². The van der Waals surface area contributed by atoms with E-state index in [4.69, 9.17) is 16.3 Å². The molecule has 0 spiro atoms. The Bertz CT molecular complexity index is 1340. The van der Waals surface area contributed by atoms with Gasteiger partial charge in [0.1, 0.15) is 10.8 Å². The van der Waals surface area contributed by atoms with Gasteiger partial charge in [0, 0.05) is 31.9 Å². The van der Waals surface area contributed by atoms with Crippen LogP contribution < -0.4 is 20.7 Å². The third-order valence-corrected chi connectivity index (χ3v) is 5.46. The fourth-order valence-electron chi connectivity index (χ4n) is 3.45. The van der Waals surface area contributed by atoms with Crippen molar-refractivity contribution in [2.24, 2.45) is 7.05 Å². The Morgan fingerprint density at radius 1 is 1.12 bits per heavy atom. The Kier molecular flexibility index (Phi) is 6.65. The topological polar surface area (TPSA) is 106 Å². The van der Waals surface area contributed by atoms with Crippen LogP contribution in [0.3, 0.4) is 0 Å². The zero-order chi connectivity index (χ0) is 24.2. The summed E-state index contributed by atoms with van der Waals surface area (Å²) in [5.74, 6) is 1.90. The fourth-order valence-corrected chi connectivity index (χ4v) is 3.59. The second-order valence-corrected chi connectivity index (χ2v) is 7.95. The molecule has 4 aromatic rings. The number of aromatic nitrogens is 4. The first-order valence-corrected chi connectivity index (χ1v) is 10.8. The summed E-state index contributed by atoms with van der Waals surface area (Å²) in [6.45, 7) is 2.00. The number of hydrogen-bond donors (Lipinski definition) is 3. The lowest BCUT2D eigenvalue weighted by Gasteiger charge is -2.15. The van der Waals surface area contributed by atoms with E-state index in [1.54, 1.807) is 31.0 Å². The lowest BCUT2D eigenvalue weighted by molar-refractivity contribution is 0.0963. The summed E-state index contributed by atoms with van der Waals surface area (Å²) >= 11 is 6.27. The van der Waals surface area contributed by atoms with Gasteiger partial charge in [0.05, 0.1) is 19.0 Å². The maximum atomic E-state index is 11.8. The smallest absolute Gasteiger partial charge is 0.251 e. The molecule has 0 fully saturated rings. The number of carbonyl (C=O) groups excluding carboxylic acids is 1. The molecule has 2 aromatic heterocycles. The molecular formula is C24H24ClN7O2. The van der Waals surface area contributed by atoms with E-state index in [9.17, 15) is 4.79 Å². The highest BCUT2D eigenvalue weighted by Crippen LogP contribution is 2.35. The minimum absolute atomic E-state index is 0.125. The summed E-state index contributed by atoms with van der Waals surface area (Å²) in [5, 5.41) is 13.6. The second-order valence-electron chi connectivity index (χ2n) is 7.54. The molecule has 4 rings (SSSR count). The molecule has 0 atom stereocenters. The maximum Gasteiger partial charge on any atom is 0.251 e. The summed E-state index contributed by atoms with van der Waals surface area (Å²) in [6.07, 6.45) is 3.34. The van der Waals surface area contributed by atoms with Crippen molar-refractivity contribution < 1.29 is 9.53 Å². The number of methoxy groups -OCH3 is 1. The summed E-state index contributed by atoms with van der Waals surface area (Å²) in [7, 11) is 5.04. The van der Waals surface area contributed by atoms with Crippen molar-refractivity contribution in [1.29, 1.82) is 0 Å². The van der Waals surface area contributed by atoms with Gasteiger partial charge in [-0.2, -0.15) is 10.1 Å². The summed E-state index contributed by atoms with van der Waals surface area (Å²) in [5.41, 5.74) is 4.28. The van der Waals surface area contributed by atoms with Crippen molar-refractivity contribution in [2.45, 2.75) is 6.92 Å². The number of nitrogens with one attached hydrogen (secondary N) is 3. The van der Waals surface area contributed by atoms with Crippen LogP contribution in [0.15, 0.2) is 54.9 Å². The van der Waals surface area contributed by atoms with Crippen LogP contribution in [0.1, 0.15) is 15.9 Å². The van der Waals surface area contributed by atoms with Crippen LogP contribution in [0.5, 0.6) is 5.75 Å². The number of amides is 1. The molecule has 0 saturated heterocycles. The molecule has 0 saturated carbocycles. The maximum absolute atomic E-state index is 11.8. The van der Waals surface area contributed by atoms with E-state index >= 15 is 0 Å². The van der Waals surface area contributed by atoms with Crippen molar-refractivity contribution >= 4 is 40.8 Å². The monoisotopic (exact) mass is 477 g/mol. The second kappa shape index (κ2) is 9.80. The van der Waals surface area contributed by atoms with Gasteiger partial charge >= 0.3 is 0 Å². The number of carbonyl (C=O) groups is 1. The third-order valence-electron chi connectivity index (χ3n) is 5.18. The van der Waals surface area contributed by atoms with E-state index < -0.39 is 0 Å². The van der Waals surface area contributed by atoms with E-state index in [0.717, 1.165) is 16.7 Å². The predicted octanol–water partition coefficient (Wildman–Crippen LogP) is 4.69. The first-order valence-electron chi connectivity index (χ1n) is 10.5. The molecule has 9 nitrogen and oxygen atoms in total. The molecule has 34 heavy (non-hydrogen) atoms. The number of benzene rings is 2. The minimum atomic E-state index is -0.125. The van der Waals surface area contributed by atoms with Crippen molar-refractivity contribution in [3.63, 3.8) is 0 Å². The Morgan fingerprint density at radius 2 is 1.88 bits per heavy atom. The summed E-state index contributed by atoms with van der Waals surface area (Å²) < 4.78 is 7.31. The van der Waals surface area contributed by atoms with Crippen LogP contribution in [0.25, 0.3) is 11.1 Å². The minimum Gasteiger partial charge on any atom is -0.495 e. The van der Waals surface area contributed by atoms with Crippen molar-refractivity contribution in [3.8, 4) is 16.9 Å². The average Bonchev–Trinajstić information content (AvgIpc) is 3.25. The molecule has 0 aliphatic heterocycles. The number of ether oxygens (including phenoxy) is 1. The highest BCUT2D eigenvalue weighted by molar-refractivity contribution is 6.32. The summed E-state index contributed by atoms with van der Waals surface area (Å²) in [4.78, 5) is 20.6. The number of hydrogen-bond acceptors (Lipinski definition) is 7. The Morgan fingerprint density at radius 3 is 2.53 bits per heavy atom. The zero-order valence-corrected chi connectivity index (χ0v) is 19.9. The quantitative estimate of drug-likeness (QED) is 0.354. The number of aryl methyl sites for hydroxylation is 2. The molecule has 0 aliphatic carbocycles. The van der Waals surface area contributed by atoms with Crippen LogP contribution in [0, 0.1) is 6.92 Å². The van der Waals surface area contributed by atoms with Crippen LogP contribution in [0.2, 0.25) is 5.02 Å². The van der Waals surface area contributed by atoms with Gasteiger partial charge in [0.15, 0.2) is 11.6 Å². The number of nitrogens with zero attached hydrogens (tertiary/aromatic N) is 4. The van der Waals surface area contributed by atoms with Gasteiger partial charge in [0.2, 0.25) is 5.95 Å². The van der Waals surface area contributed by atoms with Crippen LogP contribution in [0.4, 0.5) is 23.3 Å². The van der Waals surface area contributed by atoms with Crippen molar-refractivity contribution in [2.75, 3.05) is 24.8 Å². The fraction of sp³-hybridized carbons (Fsp3) is 0.167. The Labute approximate surface area is 202 Å². The number of anilines is 4. The van der Waals surface area contributed by atoms with Gasteiger partial charge in [-0.25, -0.2) is 4.98 Å². The standard InChI is InChI=1S/C24H24ClN7O2/c1-14-11-19(20(34-4)12-17(14)15-5-7-16(8-6-15)23(33)26-2)28-24-27-13-18(25)22(30-24)29-21-9-10-32(3)31-21/h5-13H,1-4H3,(H,26,33)(H2,27,28,29,30,31). The molecule has 2 aromatic carbocycles. The van der Waals surface area contributed by atoms with Gasteiger partial charge in [-0.15, -0.1) is 0 Å². The van der Waals surface area contributed by atoms with Gasteiger partial charge in [-0.1, -0.05) is 23.7 Å². The van der Waals surface area contributed by atoms with E-state index in [-0.39, 0.29) is 5.91 Å². The van der Waals surface area contributed by atoms with Crippen molar-refractivity contribution in [1.82, 2.24) is 25.1 Å². The highest BCUT2D eigenvalue weighted by Gasteiger charge is 2.14. The zero-order valence-electron chi connectivity index (χ0n) is 19.2. The molecular weight excluding hydrogens is 454 g/mol. The Balaban J connectivity index is 1.61. The molecule has 174 valence electrons. The number of rotatable bonds is 7. The Hall–Kier alpha value is -4.11. The molecule has 0 radical (unpaired) electrons. The number of halogens is 1. The molecule has 10 heteroatoms.